The summed E-state index contributed by atoms with van der Waals surface area (Å²) in [5.41, 5.74) is 1.92. The molecule has 0 saturated carbocycles. The van der Waals surface area contributed by atoms with Crippen LogP contribution < -0.4 is 0 Å². The molecular formula is C15H15ClN2O. The van der Waals surface area contributed by atoms with Crippen molar-refractivity contribution in [2.24, 2.45) is 0 Å². The molecule has 0 unspecified atom stereocenters. The highest BCUT2D eigenvalue weighted by Gasteiger charge is 2.05. The van der Waals surface area contributed by atoms with E-state index >= 15 is 0 Å². The Morgan fingerprint density at radius 3 is 2.89 bits per heavy atom. The molecule has 1 aromatic carbocycles. The number of carbonyl (C=O) groups excluding carboxylic acids is 1. The second-order valence-electron chi connectivity index (χ2n) is 4.28. The van der Waals surface area contributed by atoms with Crippen LogP contribution in [0.3, 0.4) is 0 Å². The zero-order valence-corrected chi connectivity index (χ0v) is 11.4. The van der Waals surface area contributed by atoms with Gasteiger partial charge in [0.2, 0.25) is 5.91 Å². The molecule has 1 amide bonds. The Labute approximate surface area is 117 Å². The maximum atomic E-state index is 11.9. The standard InChI is InChI=1S/C15H15ClN2O/c1-18(11-14-6-3-9-17-14)15(19)8-7-12-4-2-5-13(16)10-12/h2-10,17H,11H2,1H3. The monoisotopic (exact) mass is 274 g/mol. The summed E-state index contributed by atoms with van der Waals surface area (Å²) >= 11 is 5.88. The number of nitrogens with one attached hydrogen (secondary N) is 1. The number of H-pyrrole nitrogens is 1. The zero-order valence-electron chi connectivity index (χ0n) is 10.6. The van der Waals surface area contributed by atoms with Gasteiger partial charge in [-0.2, -0.15) is 0 Å². The van der Waals surface area contributed by atoms with E-state index in [1.807, 2.05) is 36.5 Å². The van der Waals surface area contributed by atoms with Gasteiger partial charge in [0.15, 0.2) is 0 Å². The van der Waals surface area contributed by atoms with Crippen LogP contribution in [0.1, 0.15) is 11.3 Å². The summed E-state index contributed by atoms with van der Waals surface area (Å²) in [4.78, 5) is 16.6. The molecule has 1 N–H and O–H groups in total. The maximum Gasteiger partial charge on any atom is 0.246 e. The van der Waals surface area contributed by atoms with E-state index in [1.165, 1.54) is 0 Å². The first kappa shape index (κ1) is 13.4. The third-order valence-corrected chi connectivity index (χ3v) is 2.95. The summed E-state index contributed by atoms with van der Waals surface area (Å²) in [5.74, 6) is -0.0467. The van der Waals surface area contributed by atoms with Gasteiger partial charge in [0.1, 0.15) is 0 Å². The number of carbonyl (C=O) groups is 1. The molecule has 0 aliphatic carbocycles. The summed E-state index contributed by atoms with van der Waals surface area (Å²) in [6.45, 7) is 0.561. The van der Waals surface area contributed by atoms with Crippen LogP contribution in [0, 0.1) is 0 Å². The number of amides is 1. The third kappa shape index (κ3) is 4.00. The van der Waals surface area contributed by atoms with Crippen molar-refractivity contribution in [3.63, 3.8) is 0 Å². The molecule has 0 aliphatic rings. The van der Waals surface area contributed by atoms with Crippen molar-refractivity contribution in [1.82, 2.24) is 9.88 Å². The Kier molecular flexibility index (Phi) is 4.42. The zero-order chi connectivity index (χ0) is 13.7. The first-order valence-corrected chi connectivity index (χ1v) is 6.34. The number of aromatic amines is 1. The fraction of sp³-hybridized carbons (Fsp3) is 0.133. The SMILES string of the molecule is CN(Cc1ccc[nH]1)C(=O)C=Cc1cccc(Cl)c1. The first-order chi connectivity index (χ1) is 9.15. The summed E-state index contributed by atoms with van der Waals surface area (Å²) in [7, 11) is 1.77. The van der Waals surface area contributed by atoms with Crippen LogP contribution in [0.15, 0.2) is 48.7 Å². The molecule has 0 bridgehead atoms. The Morgan fingerprint density at radius 2 is 2.21 bits per heavy atom. The molecule has 2 aromatic rings. The van der Waals surface area contributed by atoms with Crippen molar-refractivity contribution in [1.29, 1.82) is 0 Å². The van der Waals surface area contributed by atoms with Gasteiger partial charge >= 0.3 is 0 Å². The number of halogens is 1. The third-order valence-electron chi connectivity index (χ3n) is 2.71. The molecule has 0 saturated heterocycles. The number of rotatable bonds is 4. The highest BCUT2D eigenvalue weighted by atomic mass is 35.5. The minimum atomic E-state index is -0.0467. The quantitative estimate of drug-likeness (QED) is 0.853. The minimum Gasteiger partial charge on any atom is -0.364 e. The lowest BCUT2D eigenvalue weighted by Crippen LogP contribution is -2.24. The average molecular weight is 275 g/mol. The topological polar surface area (TPSA) is 36.1 Å². The Balaban J connectivity index is 1.96. The van der Waals surface area contributed by atoms with Gasteiger partial charge in [0.25, 0.3) is 0 Å². The van der Waals surface area contributed by atoms with E-state index in [1.54, 1.807) is 30.2 Å². The highest BCUT2D eigenvalue weighted by Crippen LogP contribution is 2.12. The highest BCUT2D eigenvalue weighted by molar-refractivity contribution is 6.30. The van der Waals surface area contributed by atoms with Gasteiger partial charge in [-0.25, -0.2) is 0 Å². The number of likely N-dealkylation sites (N-methyl/N-ethyl adjacent to an activating group) is 1. The number of hydrogen-bond acceptors (Lipinski definition) is 1. The van der Waals surface area contributed by atoms with E-state index in [2.05, 4.69) is 4.98 Å². The Bertz CT molecular complexity index is 576. The van der Waals surface area contributed by atoms with E-state index in [9.17, 15) is 4.79 Å². The smallest absolute Gasteiger partial charge is 0.246 e. The molecule has 0 spiro atoms. The molecule has 0 atom stereocenters. The van der Waals surface area contributed by atoms with Crippen LogP contribution in [0.25, 0.3) is 6.08 Å². The maximum absolute atomic E-state index is 11.9. The van der Waals surface area contributed by atoms with Gasteiger partial charge in [0, 0.05) is 30.0 Å². The van der Waals surface area contributed by atoms with Crippen molar-refractivity contribution in [2.45, 2.75) is 6.54 Å². The average Bonchev–Trinajstić information content (AvgIpc) is 2.89. The number of hydrogen-bond donors (Lipinski definition) is 1. The Morgan fingerprint density at radius 1 is 1.37 bits per heavy atom. The first-order valence-electron chi connectivity index (χ1n) is 5.96. The predicted molar refractivity (Wildman–Crippen MR) is 77.8 cm³/mol. The van der Waals surface area contributed by atoms with Crippen molar-refractivity contribution >= 4 is 23.6 Å². The lowest BCUT2D eigenvalue weighted by Gasteiger charge is -2.13. The van der Waals surface area contributed by atoms with Crippen molar-refractivity contribution in [2.75, 3.05) is 7.05 Å². The lowest BCUT2D eigenvalue weighted by molar-refractivity contribution is -0.125. The fourth-order valence-corrected chi connectivity index (χ4v) is 1.90. The van der Waals surface area contributed by atoms with Crippen LogP contribution in [-0.2, 0) is 11.3 Å². The molecule has 1 aromatic heterocycles. The Hall–Kier alpha value is -2.00. The molecule has 19 heavy (non-hydrogen) atoms. The molecule has 4 heteroatoms. The molecule has 1 heterocycles. The van der Waals surface area contributed by atoms with Crippen molar-refractivity contribution < 1.29 is 4.79 Å². The second-order valence-corrected chi connectivity index (χ2v) is 4.71. The predicted octanol–water partition coefficient (Wildman–Crippen LogP) is 3.34. The largest absolute Gasteiger partial charge is 0.364 e. The van der Waals surface area contributed by atoms with E-state index in [0.717, 1.165) is 11.3 Å². The van der Waals surface area contributed by atoms with Gasteiger partial charge in [-0.3, -0.25) is 4.79 Å². The van der Waals surface area contributed by atoms with Crippen molar-refractivity contribution in [3.05, 3.63) is 65.0 Å². The summed E-state index contributed by atoms with van der Waals surface area (Å²) in [5, 5.41) is 0.661. The van der Waals surface area contributed by atoms with E-state index in [4.69, 9.17) is 11.6 Å². The van der Waals surface area contributed by atoms with Crippen LogP contribution in [0.5, 0.6) is 0 Å². The fourth-order valence-electron chi connectivity index (χ4n) is 1.70. The van der Waals surface area contributed by atoms with E-state index in [-0.39, 0.29) is 5.91 Å². The van der Waals surface area contributed by atoms with Gasteiger partial charge in [0.05, 0.1) is 6.54 Å². The minimum absolute atomic E-state index is 0.0467. The normalized spacial score (nSPS) is 10.8. The molecular weight excluding hydrogens is 260 g/mol. The number of benzene rings is 1. The van der Waals surface area contributed by atoms with Crippen LogP contribution >= 0.6 is 11.6 Å². The molecule has 0 fully saturated rings. The number of aromatic nitrogens is 1. The van der Waals surface area contributed by atoms with Gasteiger partial charge in [-0.1, -0.05) is 23.7 Å². The van der Waals surface area contributed by atoms with E-state index in [0.29, 0.717) is 11.6 Å². The van der Waals surface area contributed by atoms with Crippen LogP contribution in [0.2, 0.25) is 5.02 Å². The van der Waals surface area contributed by atoms with Crippen molar-refractivity contribution in [3.8, 4) is 0 Å². The van der Waals surface area contributed by atoms with E-state index < -0.39 is 0 Å². The van der Waals surface area contributed by atoms with Crippen LogP contribution in [-0.4, -0.2) is 22.8 Å². The summed E-state index contributed by atoms with van der Waals surface area (Å²) < 4.78 is 0. The summed E-state index contributed by atoms with van der Waals surface area (Å²) in [6, 6.07) is 11.2. The number of nitrogens with zero attached hydrogens (tertiary/aromatic N) is 1. The molecule has 0 aliphatic heterocycles. The van der Waals surface area contributed by atoms with Gasteiger partial charge in [-0.05, 0) is 35.9 Å². The molecule has 3 nitrogen and oxygen atoms in total. The summed E-state index contributed by atoms with van der Waals surface area (Å²) in [6.07, 6.45) is 5.16. The molecule has 98 valence electrons. The van der Waals surface area contributed by atoms with Crippen LogP contribution in [0.4, 0.5) is 0 Å². The van der Waals surface area contributed by atoms with Gasteiger partial charge in [-0.15, -0.1) is 0 Å². The second kappa shape index (κ2) is 6.25. The van der Waals surface area contributed by atoms with Gasteiger partial charge < -0.3 is 9.88 Å². The lowest BCUT2D eigenvalue weighted by atomic mass is 10.2. The molecule has 0 radical (unpaired) electrons. The molecule has 2 rings (SSSR count).